The fraction of sp³-hybridized carbons (Fsp3) is 0.438. The summed E-state index contributed by atoms with van der Waals surface area (Å²) in [5.41, 5.74) is 3.89. The standard InChI is InChI=1S/C16H20N2/c1-2-12-8-14(10-18-9-12)15-5-3-4-13-6-7-17-11-16(13)15/h2,5,8-10,13,16-17H,1,3-4,6-7,11H2/t13-,16+/m1/s1. The maximum Gasteiger partial charge on any atom is 0.0343 e. The van der Waals surface area contributed by atoms with E-state index in [2.05, 4.69) is 29.0 Å². The van der Waals surface area contributed by atoms with Crippen molar-refractivity contribution in [2.75, 3.05) is 13.1 Å². The summed E-state index contributed by atoms with van der Waals surface area (Å²) in [6.07, 6.45) is 12.0. The van der Waals surface area contributed by atoms with Crippen LogP contribution in [0.1, 0.15) is 30.4 Å². The summed E-state index contributed by atoms with van der Waals surface area (Å²) in [7, 11) is 0. The van der Waals surface area contributed by atoms with Crippen LogP contribution in [0.3, 0.4) is 0 Å². The quantitative estimate of drug-likeness (QED) is 0.859. The van der Waals surface area contributed by atoms with Crippen molar-refractivity contribution < 1.29 is 0 Å². The lowest BCUT2D eigenvalue weighted by Crippen LogP contribution is -2.38. The zero-order chi connectivity index (χ0) is 12.4. The Kier molecular flexibility index (Phi) is 3.28. The molecular weight excluding hydrogens is 220 g/mol. The van der Waals surface area contributed by atoms with E-state index in [1.54, 1.807) is 0 Å². The second kappa shape index (κ2) is 5.07. The number of hydrogen-bond donors (Lipinski definition) is 1. The van der Waals surface area contributed by atoms with Crippen molar-refractivity contribution in [2.45, 2.75) is 19.3 Å². The molecule has 0 aromatic carbocycles. The molecule has 94 valence electrons. The highest BCUT2D eigenvalue weighted by Crippen LogP contribution is 2.39. The van der Waals surface area contributed by atoms with Crippen molar-refractivity contribution in [3.63, 3.8) is 0 Å². The van der Waals surface area contributed by atoms with Gasteiger partial charge in [0.2, 0.25) is 0 Å². The third-order valence-electron chi connectivity index (χ3n) is 4.25. The average Bonchev–Trinajstić information content (AvgIpc) is 2.47. The minimum absolute atomic E-state index is 0.675. The first-order valence-electron chi connectivity index (χ1n) is 6.87. The molecule has 0 unspecified atom stereocenters. The molecule has 18 heavy (non-hydrogen) atoms. The van der Waals surface area contributed by atoms with Gasteiger partial charge in [-0.25, -0.2) is 0 Å². The molecule has 1 aliphatic heterocycles. The highest BCUT2D eigenvalue weighted by molar-refractivity contribution is 5.70. The summed E-state index contributed by atoms with van der Waals surface area (Å²) in [4.78, 5) is 4.34. The number of aromatic nitrogens is 1. The maximum atomic E-state index is 4.34. The number of pyridine rings is 1. The third-order valence-corrected chi connectivity index (χ3v) is 4.25. The van der Waals surface area contributed by atoms with Crippen LogP contribution in [0.2, 0.25) is 0 Å². The normalized spacial score (nSPS) is 27.2. The van der Waals surface area contributed by atoms with Gasteiger partial charge in [0.1, 0.15) is 0 Å². The van der Waals surface area contributed by atoms with E-state index >= 15 is 0 Å². The monoisotopic (exact) mass is 240 g/mol. The van der Waals surface area contributed by atoms with Gasteiger partial charge in [-0.15, -0.1) is 0 Å². The van der Waals surface area contributed by atoms with Crippen molar-refractivity contribution in [2.24, 2.45) is 11.8 Å². The third kappa shape index (κ3) is 2.13. The van der Waals surface area contributed by atoms with Gasteiger partial charge in [-0.3, -0.25) is 4.98 Å². The van der Waals surface area contributed by atoms with Crippen LogP contribution in [0, 0.1) is 11.8 Å². The Morgan fingerprint density at radius 3 is 3.17 bits per heavy atom. The summed E-state index contributed by atoms with van der Waals surface area (Å²) < 4.78 is 0. The molecule has 2 atom stereocenters. The zero-order valence-electron chi connectivity index (χ0n) is 10.7. The smallest absolute Gasteiger partial charge is 0.0343 e. The number of piperidine rings is 1. The number of hydrogen-bond acceptors (Lipinski definition) is 2. The summed E-state index contributed by atoms with van der Waals surface area (Å²) >= 11 is 0. The highest BCUT2D eigenvalue weighted by atomic mass is 14.9. The molecule has 1 aliphatic carbocycles. The minimum atomic E-state index is 0.675. The molecule has 1 N–H and O–H groups in total. The Labute approximate surface area is 109 Å². The predicted molar refractivity (Wildman–Crippen MR) is 76.0 cm³/mol. The lowest BCUT2D eigenvalue weighted by atomic mass is 9.73. The predicted octanol–water partition coefficient (Wildman–Crippen LogP) is 3.13. The van der Waals surface area contributed by atoms with Crippen LogP contribution < -0.4 is 5.32 Å². The summed E-state index contributed by atoms with van der Waals surface area (Å²) in [6, 6.07) is 2.21. The Balaban J connectivity index is 1.93. The topological polar surface area (TPSA) is 24.9 Å². The number of nitrogens with one attached hydrogen (secondary N) is 1. The lowest BCUT2D eigenvalue weighted by molar-refractivity contribution is 0.285. The van der Waals surface area contributed by atoms with E-state index in [1.807, 2.05) is 18.5 Å². The number of fused-ring (bicyclic) bond motifs is 1. The highest BCUT2D eigenvalue weighted by Gasteiger charge is 2.30. The molecule has 1 aromatic heterocycles. The number of allylic oxidation sites excluding steroid dienone is 1. The van der Waals surface area contributed by atoms with Crippen LogP contribution in [0.15, 0.2) is 31.1 Å². The van der Waals surface area contributed by atoms with Gasteiger partial charge in [0.25, 0.3) is 0 Å². The van der Waals surface area contributed by atoms with Gasteiger partial charge in [-0.2, -0.15) is 0 Å². The van der Waals surface area contributed by atoms with Gasteiger partial charge in [-0.1, -0.05) is 18.7 Å². The largest absolute Gasteiger partial charge is 0.316 e. The second-order valence-corrected chi connectivity index (χ2v) is 5.31. The second-order valence-electron chi connectivity index (χ2n) is 5.31. The van der Waals surface area contributed by atoms with Crippen LogP contribution in [-0.2, 0) is 0 Å². The molecule has 2 heteroatoms. The Hall–Kier alpha value is -1.41. The van der Waals surface area contributed by atoms with E-state index in [0.717, 1.165) is 18.0 Å². The molecule has 0 amide bonds. The molecule has 2 nitrogen and oxygen atoms in total. The van der Waals surface area contributed by atoms with Gasteiger partial charge in [-0.05, 0) is 60.4 Å². The van der Waals surface area contributed by atoms with Gasteiger partial charge < -0.3 is 5.32 Å². The molecule has 0 saturated carbocycles. The van der Waals surface area contributed by atoms with E-state index in [4.69, 9.17) is 0 Å². The van der Waals surface area contributed by atoms with Crippen LogP contribution in [-0.4, -0.2) is 18.1 Å². The van der Waals surface area contributed by atoms with Crippen molar-refractivity contribution in [1.82, 2.24) is 10.3 Å². The summed E-state index contributed by atoms with van der Waals surface area (Å²) in [5, 5.41) is 3.53. The van der Waals surface area contributed by atoms with Crippen molar-refractivity contribution in [3.8, 4) is 0 Å². The molecule has 1 saturated heterocycles. The van der Waals surface area contributed by atoms with Gasteiger partial charge in [0.15, 0.2) is 0 Å². The molecule has 2 aliphatic rings. The summed E-state index contributed by atoms with van der Waals surface area (Å²) in [5.74, 6) is 1.54. The summed E-state index contributed by atoms with van der Waals surface area (Å²) in [6.45, 7) is 6.13. The van der Waals surface area contributed by atoms with E-state index < -0.39 is 0 Å². The minimum Gasteiger partial charge on any atom is -0.316 e. The molecule has 0 radical (unpaired) electrons. The molecular formula is C16H20N2. The van der Waals surface area contributed by atoms with E-state index in [1.165, 1.54) is 36.9 Å². The van der Waals surface area contributed by atoms with Crippen LogP contribution in [0.25, 0.3) is 11.6 Å². The van der Waals surface area contributed by atoms with Gasteiger partial charge in [0, 0.05) is 18.9 Å². The maximum absolute atomic E-state index is 4.34. The molecule has 1 fully saturated rings. The molecule has 2 heterocycles. The van der Waals surface area contributed by atoms with E-state index in [-0.39, 0.29) is 0 Å². The fourth-order valence-corrected chi connectivity index (χ4v) is 3.29. The first-order valence-corrected chi connectivity index (χ1v) is 6.87. The number of nitrogens with zero attached hydrogens (tertiary/aromatic N) is 1. The van der Waals surface area contributed by atoms with Gasteiger partial charge >= 0.3 is 0 Å². The lowest BCUT2D eigenvalue weighted by Gasteiger charge is -2.37. The fourth-order valence-electron chi connectivity index (χ4n) is 3.29. The van der Waals surface area contributed by atoms with Crippen molar-refractivity contribution in [1.29, 1.82) is 0 Å². The molecule has 0 bridgehead atoms. The van der Waals surface area contributed by atoms with E-state index in [9.17, 15) is 0 Å². The first kappa shape index (κ1) is 11.7. The zero-order valence-corrected chi connectivity index (χ0v) is 10.7. The van der Waals surface area contributed by atoms with Crippen LogP contribution in [0.4, 0.5) is 0 Å². The Morgan fingerprint density at radius 2 is 2.28 bits per heavy atom. The van der Waals surface area contributed by atoms with Crippen LogP contribution >= 0.6 is 0 Å². The first-order chi connectivity index (χ1) is 8.88. The molecule has 3 rings (SSSR count). The van der Waals surface area contributed by atoms with Gasteiger partial charge in [0.05, 0.1) is 0 Å². The average molecular weight is 240 g/mol. The molecule has 0 spiro atoms. The Morgan fingerprint density at radius 1 is 1.33 bits per heavy atom. The van der Waals surface area contributed by atoms with Crippen molar-refractivity contribution >= 4 is 11.6 Å². The Bertz CT molecular complexity index is 476. The van der Waals surface area contributed by atoms with E-state index in [0.29, 0.717) is 5.92 Å². The van der Waals surface area contributed by atoms with Crippen molar-refractivity contribution in [3.05, 3.63) is 42.2 Å². The SMILES string of the molecule is C=Cc1cncc(C2=CCC[C@@H]3CCNC[C@H]23)c1. The number of rotatable bonds is 2. The van der Waals surface area contributed by atoms with Crippen LogP contribution in [0.5, 0.6) is 0 Å². The molecule has 1 aromatic rings.